The molecule has 1 aliphatic carbocycles. The number of ketones is 1. The third-order valence-corrected chi connectivity index (χ3v) is 3.06. The van der Waals surface area contributed by atoms with Crippen molar-refractivity contribution in [1.29, 1.82) is 0 Å². The number of Topliss-reactive ketones (excluding diaryl/α,β-unsaturated/α-hetero) is 1. The second kappa shape index (κ2) is 4.64. The van der Waals surface area contributed by atoms with Gasteiger partial charge in [0.05, 0.1) is 0 Å². The zero-order chi connectivity index (χ0) is 8.97. The smallest absolute Gasteiger partial charge is 0.135 e. The summed E-state index contributed by atoms with van der Waals surface area (Å²) in [5.74, 6) is 1.74. The first-order valence-electron chi connectivity index (χ1n) is 5.26. The van der Waals surface area contributed by atoms with Crippen molar-refractivity contribution in [2.75, 3.05) is 0 Å². The molecule has 0 N–H and O–H groups in total. The predicted octanol–water partition coefficient (Wildman–Crippen LogP) is 3.18. The lowest BCUT2D eigenvalue weighted by Gasteiger charge is -2.10. The molecule has 0 aromatic rings. The van der Waals surface area contributed by atoms with Gasteiger partial charge < -0.3 is 0 Å². The van der Waals surface area contributed by atoms with Crippen LogP contribution in [-0.2, 0) is 4.79 Å². The lowest BCUT2D eigenvalue weighted by atomic mass is 9.93. The highest BCUT2D eigenvalue weighted by atomic mass is 16.1. The van der Waals surface area contributed by atoms with Gasteiger partial charge in [0.1, 0.15) is 5.78 Å². The van der Waals surface area contributed by atoms with E-state index in [4.69, 9.17) is 0 Å². The minimum absolute atomic E-state index is 0.403. The number of rotatable bonds is 2. The molecule has 1 heteroatoms. The number of carbonyl (C=O) groups excluding carboxylic acids is 1. The van der Waals surface area contributed by atoms with Gasteiger partial charge in [0.15, 0.2) is 0 Å². The molecule has 1 saturated carbocycles. The van der Waals surface area contributed by atoms with Crippen LogP contribution in [0.5, 0.6) is 0 Å². The van der Waals surface area contributed by atoms with Gasteiger partial charge in [-0.1, -0.05) is 33.1 Å². The predicted molar refractivity (Wildman–Crippen MR) is 51.0 cm³/mol. The van der Waals surface area contributed by atoms with Crippen LogP contribution in [0.15, 0.2) is 0 Å². The van der Waals surface area contributed by atoms with E-state index in [1.807, 2.05) is 6.92 Å². The Morgan fingerprint density at radius 3 is 2.67 bits per heavy atom. The quantitative estimate of drug-likeness (QED) is 0.579. The molecular formula is C11H20O. The fourth-order valence-electron chi connectivity index (χ4n) is 2.10. The molecule has 0 spiro atoms. The molecule has 2 atom stereocenters. The standard InChI is InChI=1S/C11H20O/c1-3-11(12)10-6-4-5-9(2)7-8-10/h9-10H,3-8H2,1-2H3. The van der Waals surface area contributed by atoms with Gasteiger partial charge in [0.25, 0.3) is 0 Å². The van der Waals surface area contributed by atoms with Crippen molar-refractivity contribution < 1.29 is 4.79 Å². The van der Waals surface area contributed by atoms with Gasteiger partial charge in [-0.25, -0.2) is 0 Å². The first kappa shape index (κ1) is 9.76. The summed E-state index contributed by atoms with van der Waals surface area (Å²) in [4.78, 5) is 11.4. The highest BCUT2D eigenvalue weighted by molar-refractivity contribution is 5.80. The molecule has 0 amide bonds. The second-order valence-corrected chi connectivity index (χ2v) is 4.13. The maximum absolute atomic E-state index is 11.4. The largest absolute Gasteiger partial charge is 0.299 e. The zero-order valence-corrected chi connectivity index (χ0v) is 8.31. The van der Waals surface area contributed by atoms with Crippen molar-refractivity contribution in [3.63, 3.8) is 0 Å². The average Bonchev–Trinajstić information content (AvgIpc) is 2.29. The third-order valence-electron chi connectivity index (χ3n) is 3.06. The number of carbonyl (C=O) groups is 1. The molecule has 2 unspecified atom stereocenters. The van der Waals surface area contributed by atoms with Crippen LogP contribution in [0.1, 0.15) is 52.4 Å². The Balaban J connectivity index is 2.40. The zero-order valence-electron chi connectivity index (χ0n) is 8.31. The van der Waals surface area contributed by atoms with Crippen molar-refractivity contribution in [1.82, 2.24) is 0 Å². The third kappa shape index (κ3) is 2.62. The van der Waals surface area contributed by atoms with Crippen LogP contribution in [0.3, 0.4) is 0 Å². The van der Waals surface area contributed by atoms with E-state index in [1.54, 1.807) is 0 Å². The van der Waals surface area contributed by atoms with Crippen molar-refractivity contribution >= 4 is 5.78 Å². The lowest BCUT2D eigenvalue weighted by Crippen LogP contribution is -2.12. The molecule has 0 saturated heterocycles. The Bertz CT molecular complexity index is 151. The van der Waals surface area contributed by atoms with E-state index in [0.29, 0.717) is 11.7 Å². The molecule has 0 aromatic carbocycles. The number of hydrogen-bond acceptors (Lipinski definition) is 1. The molecule has 0 aromatic heterocycles. The van der Waals surface area contributed by atoms with Crippen molar-refractivity contribution in [3.8, 4) is 0 Å². The Morgan fingerprint density at radius 1 is 1.25 bits per heavy atom. The van der Waals surface area contributed by atoms with Crippen LogP contribution in [0.25, 0.3) is 0 Å². The van der Waals surface area contributed by atoms with Crippen LogP contribution in [0, 0.1) is 11.8 Å². The molecule has 1 aliphatic rings. The van der Waals surface area contributed by atoms with Crippen LogP contribution < -0.4 is 0 Å². The van der Waals surface area contributed by atoms with Crippen molar-refractivity contribution in [2.45, 2.75) is 52.4 Å². The summed E-state index contributed by atoms with van der Waals surface area (Å²) in [6.45, 7) is 4.29. The average molecular weight is 168 g/mol. The monoisotopic (exact) mass is 168 g/mol. The molecule has 12 heavy (non-hydrogen) atoms. The van der Waals surface area contributed by atoms with E-state index in [-0.39, 0.29) is 0 Å². The Labute approximate surface area is 75.5 Å². The molecule has 0 bridgehead atoms. The van der Waals surface area contributed by atoms with E-state index < -0.39 is 0 Å². The molecule has 0 radical (unpaired) electrons. The summed E-state index contributed by atoms with van der Waals surface area (Å²) in [5.41, 5.74) is 0. The summed E-state index contributed by atoms with van der Waals surface area (Å²) in [5, 5.41) is 0. The number of hydrogen-bond donors (Lipinski definition) is 0. The molecule has 1 nitrogen and oxygen atoms in total. The highest BCUT2D eigenvalue weighted by Gasteiger charge is 2.20. The lowest BCUT2D eigenvalue weighted by molar-refractivity contribution is -0.122. The van der Waals surface area contributed by atoms with Gasteiger partial charge in [0.2, 0.25) is 0 Å². The molecule has 0 aliphatic heterocycles. The van der Waals surface area contributed by atoms with Gasteiger partial charge in [-0.05, 0) is 18.8 Å². The van der Waals surface area contributed by atoms with Crippen molar-refractivity contribution in [3.05, 3.63) is 0 Å². The summed E-state index contributed by atoms with van der Waals surface area (Å²) in [6.07, 6.45) is 6.88. The van der Waals surface area contributed by atoms with Crippen LogP contribution >= 0.6 is 0 Å². The maximum Gasteiger partial charge on any atom is 0.135 e. The van der Waals surface area contributed by atoms with Gasteiger partial charge >= 0.3 is 0 Å². The van der Waals surface area contributed by atoms with E-state index in [0.717, 1.165) is 25.2 Å². The summed E-state index contributed by atoms with van der Waals surface area (Å²) < 4.78 is 0. The van der Waals surface area contributed by atoms with E-state index in [1.165, 1.54) is 19.3 Å². The Kier molecular flexibility index (Phi) is 3.77. The minimum Gasteiger partial charge on any atom is -0.299 e. The van der Waals surface area contributed by atoms with E-state index in [2.05, 4.69) is 6.92 Å². The van der Waals surface area contributed by atoms with Crippen LogP contribution in [0.2, 0.25) is 0 Å². The fraction of sp³-hybridized carbons (Fsp3) is 0.909. The first-order chi connectivity index (χ1) is 5.74. The summed E-state index contributed by atoms with van der Waals surface area (Å²) >= 11 is 0. The highest BCUT2D eigenvalue weighted by Crippen LogP contribution is 2.27. The van der Waals surface area contributed by atoms with Gasteiger partial charge in [-0.2, -0.15) is 0 Å². The second-order valence-electron chi connectivity index (χ2n) is 4.13. The normalized spacial score (nSPS) is 31.2. The Morgan fingerprint density at radius 2 is 2.00 bits per heavy atom. The topological polar surface area (TPSA) is 17.1 Å². The van der Waals surface area contributed by atoms with E-state index in [9.17, 15) is 4.79 Å². The van der Waals surface area contributed by atoms with E-state index >= 15 is 0 Å². The SMILES string of the molecule is CCC(=O)C1CCCC(C)CC1. The van der Waals surface area contributed by atoms with Gasteiger partial charge in [-0.3, -0.25) is 4.79 Å². The maximum atomic E-state index is 11.4. The van der Waals surface area contributed by atoms with Crippen LogP contribution in [-0.4, -0.2) is 5.78 Å². The Hall–Kier alpha value is -0.330. The van der Waals surface area contributed by atoms with Crippen LogP contribution in [0.4, 0.5) is 0 Å². The van der Waals surface area contributed by atoms with Crippen molar-refractivity contribution in [2.24, 2.45) is 11.8 Å². The molecule has 1 fully saturated rings. The van der Waals surface area contributed by atoms with Gasteiger partial charge in [0, 0.05) is 12.3 Å². The molecule has 0 heterocycles. The minimum atomic E-state index is 0.403. The molecule has 70 valence electrons. The molecule has 1 rings (SSSR count). The van der Waals surface area contributed by atoms with Gasteiger partial charge in [-0.15, -0.1) is 0 Å². The summed E-state index contributed by atoms with van der Waals surface area (Å²) in [6, 6.07) is 0. The molecular weight excluding hydrogens is 148 g/mol. The fourth-order valence-corrected chi connectivity index (χ4v) is 2.10. The first-order valence-corrected chi connectivity index (χ1v) is 5.26. The summed E-state index contributed by atoms with van der Waals surface area (Å²) in [7, 11) is 0.